The number of fused-ring (bicyclic) bond motifs is 1. The molecule has 8 nitrogen and oxygen atoms in total. The highest BCUT2D eigenvalue weighted by molar-refractivity contribution is 7.89. The van der Waals surface area contributed by atoms with Crippen LogP contribution in [0.25, 0.3) is 0 Å². The minimum atomic E-state index is -4.83. The number of benzene rings is 2. The van der Waals surface area contributed by atoms with Crippen LogP contribution in [0.3, 0.4) is 0 Å². The van der Waals surface area contributed by atoms with Crippen LogP contribution >= 0.6 is 0 Å². The van der Waals surface area contributed by atoms with E-state index in [0.717, 1.165) is 78.3 Å². The van der Waals surface area contributed by atoms with Crippen molar-refractivity contribution < 1.29 is 31.2 Å². The molecule has 43 heavy (non-hydrogen) atoms. The third-order valence-electron chi connectivity index (χ3n) is 8.96. The van der Waals surface area contributed by atoms with Crippen molar-refractivity contribution in [2.24, 2.45) is 11.7 Å². The van der Waals surface area contributed by atoms with Gasteiger partial charge in [0, 0.05) is 37.8 Å². The summed E-state index contributed by atoms with van der Waals surface area (Å²) >= 11 is 0. The maximum Gasteiger partial charge on any atom is 0.417 e. The summed E-state index contributed by atoms with van der Waals surface area (Å²) in [5.41, 5.74) is 8.28. The number of hydrogen-bond donors (Lipinski definition) is 2. The Morgan fingerprint density at radius 1 is 0.953 bits per heavy atom. The number of nitrogens with two attached hydrogens (primary N) is 1. The molecule has 0 radical (unpaired) electrons. The van der Waals surface area contributed by atoms with Crippen LogP contribution in [0.15, 0.2) is 41.3 Å². The second-order valence-corrected chi connectivity index (χ2v) is 13.8. The molecule has 0 spiro atoms. The average Bonchev–Trinajstić information content (AvgIpc) is 2.98. The number of anilines is 1. The molecule has 2 aromatic rings. The minimum absolute atomic E-state index is 0.0500. The number of rotatable bonds is 8. The Kier molecular flexibility index (Phi) is 9.48. The third-order valence-corrected chi connectivity index (χ3v) is 11.0. The van der Waals surface area contributed by atoms with Crippen LogP contribution in [0.2, 0.25) is 0 Å². The van der Waals surface area contributed by atoms with Gasteiger partial charge in [0.1, 0.15) is 0 Å². The van der Waals surface area contributed by atoms with E-state index in [0.29, 0.717) is 32.4 Å². The summed E-state index contributed by atoms with van der Waals surface area (Å²) in [6.07, 6.45) is 1.92. The number of carbonyl (C=O) groups is 2. The monoisotopic (exact) mass is 620 g/mol. The molecule has 2 atom stereocenters. The van der Waals surface area contributed by atoms with Crippen LogP contribution in [0.1, 0.15) is 73.6 Å². The van der Waals surface area contributed by atoms with Gasteiger partial charge in [-0.2, -0.15) is 17.5 Å². The van der Waals surface area contributed by atoms with Gasteiger partial charge >= 0.3 is 6.18 Å². The minimum Gasteiger partial charge on any atom is -0.369 e. The number of piperidine rings is 2. The predicted octanol–water partition coefficient (Wildman–Crippen LogP) is 4.85. The lowest BCUT2D eigenvalue weighted by Crippen LogP contribution is -2.45. The van der Waals surface area contributed by atoms with E-state index >= 15 is 0 Å². The first-order valence-corrected chi connectivity index (χ1v) is 16.5. The molecule has 5 rings (SSSR count). The lowest BCUT2D eigenvalue weighted by molar-refractivity contribution is -0.140. The number of aryl methyl sites for hydroxylation is 1. The molecule has 2 unspecified atom stereocenters. The van der Waals surface area contributed by atoms with E-state index in [1.807, 2.05) is 6.07 Å². The number of primary amides is 1. The van der Waals surface area contributed by atoms with Gasteiger partial charge in [-0.1, -0.05) is 30.7 Å². The Morgan fingerprint density at radius 2 is 1.72 bits per heavy atom. The van der Waals surface area contributed by atoms with Gasteiger partial charge < -0.3 is 11.1 Å². The van der Waals surface area contributed by atoms with Crippen molar-refractivity contribution in [3.8, 4) is 0 Å². The summed E-state index contributed by atoms with van der Waals surface area (Å²) in [5, 5.41) is 3.10. The van der Waals surface area contributed by atoms with Gasteiger partial charge in [0.05, 0.1) is 16.4 Å². The van der Waals surface area contributed by atoms with Crippen molar-refractivity contribution >= 4 is 27.5 Å². The van der Waals surface area contributed by atoms with Crippen molar-refractivity contribution in [3.05, 3.63) is 58.7 Å². The van der Waals surface area contributed by atoms with E-state index in [2.05, 4.69) is 16.3 Å². The largest absolute Gasteiger partial charge is 0.417 e. The second kappa shape index (κ2) is 13.0. The number of alkyl halides is 3. The molecule has 2 heterocycles. The molecule has 0 aromatic heterocycles. The van der Waals surface area contributed by atoms with E-state index in [4.69, 9.17) is 5.73 Å². The van der Waals surface area contributed by atoms with Crippen LogP contribution in [0.5, 0.6) is 0 Å². The summed E-state index contributed by atoms with van der Waals surface area (Å²) in [7, 11) is -4.51. The van der Waals surface area contributed by atoms with Gasteiger partial charge in [0.15, 0.2) is 0 Å². The molecule has 2 aliphatic heterocycles. The maximum atomic E-state index is 13.7. The summed E-state index contributed by atoms with van der Waals surface area (Å²) in [6.45, 7) is 1.94. The number of sulfonamides is 1. The number of carbonyl (C=O) groups excluding carboxylic acids is 2. The van der Waals surface area contributed by atoms with Crippen LogP contribution in [-0.4, -0.2) is 55.1 Å². The summed E-state index contributed by atoms with van der Waals surface area (Å²) < 4.78 is 69.5. The van der Waals surface area contributed by atoms with E-state index in [1.54, 1.807) is 0 Å². The Bertz CT molecular complexity index is 1460. The zero-order valence-corrected chi connectivity index (χ0v) is 25.0. The zero-order valence-electron chi connectivity index (χ0n) is 24.2. The van der Waals surface area contributed by atoms with Crippen molar-refractivity contribution in [2.75, 3.05) is 25.0 Å². The molecule has 0 saturated carbocycles. The average molecular weight is 621 g/mol. The number of nitrogens with zero attached hydrogens (tertiary/aromatic N) is 2. The Hall–Kier alpha value is -2.96. The molecule has 3 N–H and O–H groups in total. The van der Waals surface area contributed by atoms with Crippen molar-refractivity contribution in [1.82, 2.24) is 9.21 Å². The first kappa shape index (κ1) is 31.5. The zero-order chi connectivity index (χ0) is 30.8. The SMILES string of the molecule is NC(=O)C1CCCN(Cc2ccc3c(c2NC(=O)CC2CCCCN2S(=O)(=O)c2ccccc2C(F)(F)F)CCCC3)C1. The van der Waals surface area contributed by atoms with Crippen molar-refractivity contribution in [2.45, 2.75) is 87.9 Å². The number of likely N-dealkylation sites (tertiary alicyclic amines) is 1. The van der Waals surface area contributed by atoms with Gasteiger partial charge in [-0.15, -0.1) is 0 Å². The van der Waals surface area contributed by atoms with Crippen LogP contribution < -0.4 is 11.1 Å². The fraction of sp³-hybridized carbons (Fsp3) is 0.548. The van der Waals surface area contributed by atoms with Gasteiger partial charge in [-0.3, -0.25) is 14.5 Å². The molecule has 2 amide bonds. The molecule has 2 aromatic carbocycles. The maximum absolute atomic E-state index is 13.7. The van der Waals surface area contributed by atoms with Crippen LogP contribution in [0.4, 0.5) is 18.9 Å². The predicted molar refractivity (Wildman–Crippen MR) is 157 cm³/mol. The number of nitrogens with one attached hydrogen (secondary N) is 1. The standard InChI is InChI=1S/C31H39F3N4O4S/c32-31(33,34)26-12-3-4-13-27(26)43(41,42)38-17-6-5-10-24(38)18-28(39)36-29-22(15-14-21-8-1-2-11-25(21)29)19-37-16-7-9-23(20-37)30(35)40/h3-4,12-15,23-24H,1-2,5-11,16-20H2,(H2,35,40)(H,36,39). The van der Waals surface area contributed by atoms with E-state index < -0.39 is 32.7 Å². The fourth-order valence-corrected chi connectivity index (χ4v) is 8.69. The second-order valence-electron chi connectivity index (χ2n) is 11.9. The molecular formula is C31H39F3N4O4S. The first-order chi connectivity index (χ1) is 20.4. The molecule has 2 saturated heterocycles. The topological polar surface area (TPSA) is 113 Å². The highest BCUT2D eigenvalue weighted by atomic mass is 32.2. The van der Waals surface area contributed by atoms with Gasteiger partial charge in [-0.05, 0) is 86.7 Å². The van der Waals surface area contributed by atoms with Crippen molar-refractivity contribution in [3.63, 3.8) is 0 Å². The van der Waals surface area contributed by atoms with Crippen molar-refractivity contribution in [1.29, 1.82) is 0 Å². The highest BCUT2D eigenvalue weighted by Gasteiger charge is 2.41. The molecule has 3 aliphatic rings. The normalized spacial score (nSPS) is 22.1. The number of halogens is 3. The van der Waals surface area contributed by atoms with Gasteiger partial charge in [0.2, 0.25) is 21.8 Å². The first-order valence-electron chi connectivity index (χ1n) is 15.1. The molecule has 12 heteroatoms. The Balaban J connectivity index is 1.38. The van der Waals surface area contributed by atoms with E-state index in [-0.39, 0.29) is 30.7 Å². The van der Waals surface area contributed by atoms with Gasteiger partial charge in [-0.25, -0.2) is 8.42 Å². The number of amides is 2. The molecule has 0 bridgehead atoms. The van der Waals surface area contributed by atoms with Gasteiger partial charge in [0.25, 0.3) is 0 Å². The lowest BCUT2D eigenvalue weighted by atomic mass is 9.88. The van der Waals surface area contributed by atoms with Crippen LogP contribution in [-0.2, 0) is 45.2 Å². The molecule has 1 aliphatic carbocycles. The van der Waals surface area contributed by atoms with E-state index in [9.17, 15) is 31.2 Å². The number of hydrogen-bond acceptors (Lipinski definition) is 5. The quantitative estimate of drug-likeness (QED) is 0.438. The molecule has 2 fully saturated rings. The molecular weight excluding hydrogens is 581 g/mol. The summed E-state index contributed by atoms with van der Waals surface area (Å²) in [5.74, 6) is -0.898. The van der Waals surface area contributed by atoms with E-state index in [1.165, 1.54) is 17.7 Å². The Labute approximate surface area is 250 Å². The summed E-state index contributed by atoms with van der Waals surface area (Å²) in [4.78, 5) is 26.8. The summed E-state index contributed by atoms with van der Waals surface area (Å²) in [6, 6.07) is 7.55. The van der Waals surface area contributed by atoms with Crippen LogP contribution in [0, 0.1) is 5.92 Å². The molecule has 234 valence electrons. The highest BCUT2D eigenvalue weighted by Crippen LogP contribution is 2.38. The third kappa shape index (κ3) is 7.07. The fourth-order valence-electron chi connectivity index (χ4n) is 6.79. The smallest absolute Gasteiger partial charge is 0.369 e. The Morgan fingerprint density at radius 3 is 2.49 bits per heavy atom. The lowest BCUT2D eigenvalue weighted by Gasteiger charge is -2.35.